The molecule has 0 saturated heterocycles. The number of amides is 2. The summed E-state index contributed by atoms with van der Waals surface area (Å²) >= 11 is 19.0. The van der Waals surface area contributed by atoms with Crippen molar-refractivity contribution in [2.45, 2.75) is 62.6 Å². The van der Waals surface area contributed by atoms with Crippen LogP contribution in [0.4, 0.5) is 5.69 Å². The topological polar surface area (TPSA) is 86.8 Å². The molecule has 1 unspecified atom stereocenters. The number of halogens is 3. The lowest BCUT2D eigenvalue weighted by atomic mass is 10.1. The maximum absolute atomic E-state index is 14.2. The van der Waals surface area contributed by atoms with Gasteiger partial charge in [-0.05, 0) is 61.2 Å². The van der Waals surface area contributed by atoms with Crippen LogP contribution < -0.4 is 9.62 Å². The number of sulfonamides is 1. The van der Waals surface area contributed by atoms with Gasteiger partial charge in [0.25, 0.3) is 10.0 Å². The highest BCUT2D eigenvalue weighted by molar-refractivity contribution is 7.92. The predicted molar refractivity (Wildman–Crippen MR) is 164 cm³/mol. The van der Waals surface area contributed by atoms with Gasteiger partial charge in [-0.1, -0.05) is 91.0 Å². The van der Waals surface area contributed by atoms with Gasteiger partial charge < -0.3 is 10.2 Å². The highest BCUT2D eigenvalue weighted by atomic mass is 35.5. The zero-order valence-electron chi connectivity index (χ0n) is 22.6. The van der Waals surface area contributed by atoms with E-state index in [2.05, 4.69) is 5.32 Å². The van der Waals surface area contributed by atoms with Crippen molar-refractivity contribution in [3.05, 3.63) is 93.4 Å². The average molecular weight is 637 g/mol. The number of benzene rings is 3. The molecule has 1 aliphatic carbocycles. The van der Waals surface area contributed by atoms with Gasteiger partial charge in [-0.3, -0.25) is 13.9 Å². The van der Waals surface area contributed by atoms with Gasteiger partial charge in [0.05, 0.1) is 15.6 Å². The van der Waals surface area contributed by atoms with Crippen molar-refractivity contribution in [2.75, 3.05) is 10.8 Å². The van der Waals surface area contributed by atoms with Crippen LogP contribution >= 0.6 is 34.8 Å². The van der Waals surface area contributed by atoms with Crippen LogP contribution in [0.25, 0.3) is 0 Å². The van der Waals surface area contributed by atoms with E-state index >= 15 is 0 Å². The van der Waals surface area contributed by atoms with Gasteiger partial charge in [0.1, 0.15) is 12.6 Å². The third-order valence-corrected chi connectivity index (χ3v) is 9.86. The molecule has 4 rings (SSSR count). The lowest BCUT2D eigenvalue weighted by Gasteiger charge is -2.34. The lowest BCUT2D eigenvalue weighted by Crippen LogP contribution is -2.53. The summed E-state index contributed by atoms with van der Waals surface area (Å²) in [6.45, 7) is 1.24. The quantitative estimate of drug-likeness (QED) is 0.254. The summed E-state index contributed by atoms with van der Waals surface area (Å²) < 4.78 is 28.8. The summed E-state index contributed by atoms with van der Waals surface area (Å²) in [5.41, 5.74) is 0.728. The van der Waals surface area contributed by atoms with Gasteiger partial charge in [0.15, 0.2) is 0 Å². The second-order valence-corrected chi connectivity index (χ2v) is 13.1. The van der Waals surface area contributed by atoms with E-state index in [0.717, 1.165) is 30.0 Å². The van der Waals surface area contributed by atoms with Crippen LogP contribution in [0.2, 0.25) is 15.1 Å². The van der Waals surface area contributed by atoms with Crippen molar-refractivity contribution >= 4 is 62.3 Å². The summed E-state index contributed by atoms with van der Waals surface area (Å²) in [6.07, 6.45) is 4.18. The number of rotatable bonds is 11. The molecule has 1 N–H and O–H groups in total. The molecule has 1 aliphatic rings. The van der Waals surface area contributed by atoms with E-state index in [9.17, 15) is 18.0 Å². The number of nitrogens with zero attached hydrogens (tertiary/aromatic N) is 2. The first-order valence-corrected chi connectivity index (χ1v) is 16.0. The van der Waals surface area contributed by atoms with Crippen LogP contribution in [-0.4, -0.2) is 43.8 Å². The monoisotopic (exact) mass is 635 g/mol. The van der Waals surface area contributed by atoms with Crippen LogP contribution in [-0.2, 0) is 26.2 Å². The molecule has 0 aromatic heterocycles. The van der Waals surface area contributed by atoms with Gasteiger partial charge in [0.2, 0.25) is 11.8 Å². The first kappa shape index (κ1) is 31.2. The Morgan fingerprint density at radius 2 is 1.59 bits per heavy atom. The largest absolute Gasteiger partial charge is 0.352 e. The SMILES string of the molecule is CCC(C(=O)NC1CCCC1)N(Cc1ccccc1Cl)C(=O)CN(c1ccc(Cl)cc1Cl)S(=O)(=O)c1ccccc1. The van der Waals surface area contributed by atoms with Crippen molar-refractivity contribution in [1.29, 1.82) is 0 Å². The predicted octanol–water partition coefficient (Wildman–Crippen LogP) is 6.71. The third kappa shape index (κ3) is 7.55. The van der Waals surface area contributed by atoms with E-state index in [-0.39, 0.29) is 34.1 Å². The molecule has 7 nitrogen and oxygen atoms in total. The molecular formula is C30H32Cl3N3O4S. The summed E-state index contributed by atoms with van der Waals surface area (Å²) in [6, 6.07) is 18.4. The van der Waals surface area contributed by atoms with E-state index in [4.69, 9.17) is 34.8 Å². The molecule has 0 spiro atoms. The molecule has 1 atom stereocenters. The molecular weight excluding hydrogens is 605 g/mol. The van der Waals surface area contributed by atoms with Crippen LogP contribution in [0.3, 0.4) is 0 Å². The Kier molecular flexibility index (Phi) is 10.6. The zero-order valence-corrected chi connectivity index (χ0v) is 25.7. The first-order chi connectivity index (χ1) is 19.6. The van der Waals surface area contributed by atoms with E-state index in [1.165, 1.54) is 35.2 Å². The van der Waals surface area contributed by atoms with E-state index in [1.54, 1.807) is 42.5 Å². The Morgan fingerprint density at radius 3 is 2.22 bits per heavy atom. The van der Waals surface area contributed by atoms with Crippen molar-refractivity contribution in [3.8, 4) is 0 Å². The fraction of sp³-hybridized carbons (Fsp3) is 0.333. The van der Waals surface area contributed by atoms with Crippen LogP contribution in [0.5, 0.6) is 0 Å². The van der Waals surface area contributed by atoms with Gasteiger partial charge >= 0.3 is 0 Å². The van der Waals surface area contributed by atoms with Crippen LogP contribution in [0, 0.1) is 0 Å². The maximum Gasteiger partial charge on any atom is 0.264 e. The standard InChI is InChI=1S/C30H32Cl3N3O4S/c1-2-27(30(38)34-23-11-7-8-12-23)35(19-21-10-6-9-15-25(21)32)29(37)20-36(28-17-16-22(31)18-26(28)33)41(39,40)24-13-4-3-5-14-24/h3-6,9-10,13-18,23,27H,2,7-8,11-12,19-20H2,1H3,(H,34,38). The summed E-state index contributed by atoms with van der Waals surface area (Å²) in [5.74, 6) is -0.856. The van der Waals surface area contributed by atoms with E-state index < -0.39 is 28.5 Å². The summed E-state index contributed by atoms with van der Waals surface area (Å²) in [4.78, 5) is 29.1. The molecule has 0 aliphatic heterocycles. The van der Waals surface area contributed by atoms with Gasteiger partial charge in [-0.25, -0.2) is 8.42 Å². The second-order valence-electron chi connectivity index (χ2n) is 9.95. The molecule has 1 saturated carbocycles. The normalized spacial score (nSPS) is 14.4. The molecule has 1 fully saturated rings. The Hall–Kier alpha value is -2.78. The molecule has 3 aromatic rings. The number of anilines is 1. The van der Waals surface area contributed by atoms with Crippen molar-refractivity contribution < 1.29 is 18.0 Å². The van der Waals surface area contributed by atoms with E-state index in [0.29, 0.717) is 22.0 Å². The van der Waals surface area contributed by atoms with Crippen molar-refractivity contribution in [1.82, 2.24) is 10.2 Å². The number of carbonyl (C=O) groups is 2. The van der Waals surface area contributed by atoms with Crippen LogP contribution in [0.1, 0.15) is 44.6 Å². The highest BCUT2D eigenvalue weighted by Gasteiger charge is 2.35. The Bertz CT molecular complexity index is 1480. The minimum atomic E-state index is -4.24. The second kappa shape index (κ2) is 13.9. The highest BCUT2D eigenvalue weighted by Crippen LogP contribution is 2.33. The summed E-state index contributed by atoms with van der Waals surface area (Å²) in [7, 11) is -4.24. The number of hydrogen-bond donors (Lipinski definition) is 1. The van der Waals surface area contributed by atoms with Gasteiger partial charge in [-0.15, -0.1) is 0 Å². The zero-order chi connectivity index (χ0) is 29.6. The van der Waals surface area contributed by atoms with Crippen molar-refractivity contribution in [3.63, 3.8) is 0 Å². The smallest absolute Gasteiger partial charge is 0.264 e. The molecule has 2 amide bonds. The molecule has 0 radical (unpaired) electrons. The minimum Gasteiger partial charge on any atom is -0.352 e. The van der Waals surface area contributed by atoms with Gasteiger partial charge in [0, 0.05) is 22.6 Å². The minimum absolute atomic E-state index is 0.0116. The molecule has 0 bridgehead atoms. The number of hydrogen-bond acceptors (Lipinski definition) is 4. The Balaban J connectivity index is 1.74. The van der Waals surface area contributed by atoms with Gasteiger partial charge in [-0.2, -0.15) is 0 Å². The van der Waals surface area contributed by atoms with Crippen LogP contribution in [0.15, 0.2) is 77.7 Å². The summed E-state index contributed by atoms with van der Waals surface area (Å²) in [5, 5.41) is 3.90. The number of nitrogens with one attached hydrogen (secondary N) is 1. The molecule has 41 heavy (non-hydrogen) atoms. The van der Waals surface area contributed by atoms with E-state index in [1.807, 2.05) is 6.92 Å². The molecule has 11 heteroatoms. The molecule has 0 heterocycles. The average Bonchev–Trinajstić information content (AvgIpc) is 3.46. The Morgan fingerprint density at radius 1 is 0.927 bits per heavy atom. The van der Waals surface area contributed by atoms with Crippen molar-refractivity contribution in [2.24, 2.45) is 0 Å². The fourth-order valence-corrected chi connectivity index (χ4v) is 7.22. The fourth-order valence-electron chi connectivity index (χ4n) is 5.01. The molecule has 3 aromatic carbocycles. The third-order valence-electron chi connectivity index (χ3n) is 7.17. The molecule has 218 valence electrons. The first-order valence-electron chi connectivity index (χ1n) is 13.5. The Labute approximate surface area is 256 Å². The maximum atomic E-state index is 14.2. The lowest BCUT2D eigenvalue weighted by molar-refractivity contribution is -0.140. The number of carbonyl (C=O) groups excluding carboxylic acids is 2.